The number of aliphatic hydroxyl groups is 3. The maximum atomic E-state index is 7.84. The fourth-order valence-corrected chi connectivity index (χ4v) is 0.0913. The van der Waals surface area contributed by atoms with Crippen molar-refractivity contribution in [3.05, 3.63) is 0 Å². The Morgan fingerprint density at radius 1 is 1.09 bits per heavy atom. The Hall–Kier alpha value is -0.160. The topological polar surface area (TPSA) is 69.9 Å². The molecule has 0 aromatic rings. The zero-order valence-electron chi connectivity index (χ0n) is 6.87. The van der Waals surface area contributed by atoms with Gasteiger partial charge in [-0.3, -0.25) is 0 Å². The molecule has 0 aliphatic rings. The van der Waals surface area contributed by atoms with Gasteiger partial charge < -0.3 is 20.1 Å². The zero-order chi connectivity index (χ0) is 8.83. The highest BCUT2D eigenvalue weighted by Crippen LogP contribution is 1.61. The van der Waals surface area contributed by atoms with Gasteiger partial charge in [0.15, 0.2) is 0 Å². The first-order valence-corrected chi connectivity index (χ1v) is 3.23. The van der Waals surface area contributed by atoms with Crippen molar-refractivity contribution < 1.29 is 20.1 Å². The minimum atomic E-state index is -0.750. The molecule has 74 valence electrons. The van der Waals surface area contributed by atoms with E-state index in [1.165, 1.54) is 0 Å². The molecule has 0 aliphatic heterocycles. The summed E-state index contributed by atoms with van der Waals surface area (Å²) >= 11 is 0. The van der Waals surface area contributed by atoms with Crippen molar-refractivity contribution in [3.8, 4) is 0 Å². The van der Waals surface area contributed by atoms with Gasteiger partial charge >= 0.3 is 0 Å². The summed E-state index contributed by atoms with van der Waals surface area (Å²) in [6, 6.07) is 0. The van der Waals surface area contributed by atoms with E-state index in [1.54, 1.807) is 0 Å². The molecule has 3 N–H and O–H groups in total. The van der Waals surface area contributed by atoms with Gasteiger partial charge in [0.1, 0.15) is 13.6 Å². The molecule has 0 bridgehead atoms. The minimum Gasteiger partial charge on any atom is -0.371 e. The first-order valence-electron chi connectivity index (χ1n) is 3.23. The summed E-state index contributed by atoms with van der Waals surface area (Å²) in [5.41, 5.74) is 0. The van der Waals surface area contributed by atoms with Gasteiger partial charge in [-0.05, 0) is 6.92 Å². The number of ether oxygens (including phenoxy) is 1. The molecule has 11 heavy (non-hydrogen) atoms. The number of rotatable bonds is 2. The Morgan fingerprint density at radius 2 is 1.36 bits per heavy atom. The Labute approximate surface area is 69.4 Å². The van der Waals surface area contributed by atoms with Gasteiger partial charge in [0, 0.05) is 6.61 Å². The van der Waals surface area contributed by atoms with E-state index in [4.69, 9.17) is 15.3 Å². The molecule has 0 aliphatic carbocycles. The molecule has 0 aromatic heterocycles. The molecule has 0 saturated carbocycles. The van der Waals surface area contributed by atoms with Crippen LogP contribution in [0.2, 0.25) is 0 Å². The van der Waals surface area contributed by atoms with E-state index in [1.807, 2.05) is 20.8 Å². The van der Waals surface area contributed by atoms with E-state index in [0.29, 0.717) is 6.61 Å². The number of hydrogen-bond acceptors (Lipinski definition) is 4. The Kier molecular flexibility index (Phi) is 106. The third-order valence-corrected chi connectivity index (χ3v) is 0.295. The van der Waals surface area contributed by atoms with Crippen LogP contribution in [0.5, 0.6) is 0 Å². The van der Waals surface area contributed by atoms with Gasteiger partial charge in [0.2, 0.25) is 0 Å². The van der Waals surface area contributed by atoms with Crippen LogP contribution in [0.3, 0.4) is 0 Å². The molecule has 0 amide bonds. The summed E-state index contributed by atoms with van der Waals surface area (Å²) in [6.45, 7) is 5.52. The number of hydrogen-bond donors (Lipinski definition) is 3. The molecule has 0 rings (SSSR count). The van der Waals surface area contributed by atoms with E-state index < -0.39 is 6.79 Å². The average molecular weight is 170 g/mol. The van der Waals surface area contributed by atoms with Crippen LogP contribution in [0.1, 0.15) is 28.2 Å². The Bertz CT molecular complexity index is 24.4. The molecule has 0 radical (unpaired) electrons. The van der Waals surface area contributed by atoms with Crippen LogP contribution in [0.25, 0.3) is 0 Å². The highest BCUT2D eigenvalue weighted by molar-refractivity contribution is 3.98. The predicted molar refractivity (Wildman–Crippen MR) is 46.1 cm³/mol. The molecule has 0 fully saturated rings. The normalized spacial score (nSPS) is 6.00. The molecule has 0 heterocycles. The smallest absolute Gasteiger partial charge is 0.143 e. The van der Waals surface area contributed by atoms with Crippen LogP contribution < -0.4 is 0 Å². The highest BCUT2D eigenvalue weighted by Gasteiger charge is 1.64. The molecule has 4 nitrogen and oxygen atoms in total. The monoisotopic (exact) mass is 170 g/mol. The van der Waals surface area contributed by atoms with Crippen LogP contribution in [-0.2, 0) is 4.74 Å². The molecular weight excluding hydrogens is 148 g/mol. The standard InChI is InChI=1S/C3H8O2.C2H6.CH4O2.CH4/c1-2-5-3-4;1-2;2-1-3;/h4H,2-3H2,1H3;1-2H3;2-3H,1H2;1H4. The summed E-state index contributed by atoms with van der Waals surface area (Å²) in [5.74, 6) is 0. The van der Waals surface area contributed by atoms with Gasteiger partial charge in [-0.25, -0.2) is 0 Å². The Balaban J connectivity index is -0.0000000360. The fourth-order valence-electron chi connectivity index (χ4n) is 0.0913. The van der Waals surface area contributed by atoms with Gasteiger partial charge in [0.25, 0.3) is 0 Å². The van der Waals surface area contributed by atoms with Crippen LogP contribution in [0.15, 0.2) is 0 Å². The van der Waals surface area contributed by atoms with Crippen molar-refractivity contribution in [1.82, 2.24) is 0 Å². The predicted octanol–water partition coefficient (Wildman–Crippen LogP) is 0.563. The van der Waals surface area contributed by atoms with E-state index >= 15 is 0 Å². The number of aliphatic hydroxyl groups excluding tert-OH is 2. The van der Waals surface area contributed by atoms with Crippen LogP contribution >= 0.6 is 0 Å². The van der Waals surface area contributed by atoms with Crippen molar-refractivity contribution in [3.63, 3.8) is 0 Å². The average Bonchev–Trinajstić information content (AvgIpc) is 1.96. The first-order chi connectivity index (χ1) is 4.83. The quantitative estimate of drug-likeness (QED) is 0.530. The van der Waals surface area contributed by atoms with Crippen molar-refractivity contribution >= 4 is 0 Å². The summed E-state index contributed by atoms with van der Waals surface area (Å²) in [7, 11) is 0. The maximum Gasteiger partial charge on any atom is 0.143 e. The summed E-state index contributed by atoms with van der Waals surface area (Å²) < 4.78 is 4.39. The van der Waals surface area contributed by atoms with E-state index in [0.717, 1.165) is 0 Å². The maximum absolute atomic E-state index is 7.84. The van der Waals surface area contributed by atoms with Crippen molar-refractivity contribution in [2.24, 2.45) is 0 Å². The second-order valence-corrected chi connectivity index (χ2v) is 0.763. The van der Waals surface area contributed by atoms with Crippen molar-refractivity contribution in [2.75, 3.05) is 20.2 Å². The van der Waals surface area contributed by atoms with Gasteiger partial charge in [0.05, 0.1) is 0 Å². The molecule has 0 atom stereocenters. The lowest BCUT2D eigenvalue weighted by Crippen LogP contribution is -1.88. The summed E-state index contributed by atoms with van der Waals surface area (Å²) in [4.78, 5) is 0. The van der Waals surface area contributed by atoms with Gasteiger partial charge in [-0.2, -0.15) is 0 Å². The first kappa shape index (κ1) is 22.4. The van der Waals surface area contributed by atoms with Crippen LogP contribution in [0.4, 0.5) is 0 Å². The fraction of sp³-hybridized carbons (Fsp3) is 1.00. The molecule has 0 spiro atoms. The largest absolute Gasteiger partial charge is 0.371 e. The summed E-state index contributed by atoms with van der Waals surface area (Å²) in [6.07, 6.45) is 0. The van der Waals surface area contributed by atoms with Gasteiger partial charge in [-0.1, -0.05) is 21.3 Å². The lowest BCUT2D eigenvalue weighted by molar-refractivity contribution is 0.00539. The lowest BCUT2D eigenvalue weighted by Gasteiger charge is -1.85. The van der Waals surface area contributed by atoms with E-state index in [2.05, 4.69) is 4.74 Å². The Morgan fingerprint density at radius 3 is 1.36 bits per heavy atom. The van der Waals surface area contributed by atoms with E-state index in [-0.39, 0.29) is 14.2 Å². The van der Waals surface area contributed by atoms with Crippen molar-refractivity contribution in [2.45, 2.75) is 28.2 Å². The highest BCUT2D eigenvalue weighted by atomic mass is 16.6. The third-order valence-electron chi connectivity index (χ3n) is 0.295. The second kappa shape index (κ2) is 52.1. The molecule has 0 aromatic carbocycles. The second-order valence-electron chi connectivity index (χ2n) is 0.763. The minimum absolute atomic E-state index is 0. The molecule has 0 unspecified atom stereocenters. The van der Waals surface area contributed by atoms with Crippen LogP contribution in [-0.4, -0.2) is 35.5 Å². The SMILES string of the molecule is C.CC.CCOCO.OCO. The van der Waals surface area contributed by atoms with Crippen LogP contribution in [0, 0.1) is 0 Å². The zero-order valence-corrected chi connectivity index (χ0v) is 6.87. The molecule has 4 heteroatoms. The van der Waals surface area contributed by atoms with Gasteiger partial charge in [-0.15, -0.1) is 0 Å². The molecular formula is C7H22O4. The lowest BCUT2D eigenvalue weighted by atomic mass is 10.9. The van der Waals surface area contributed by atoms with E-state index in [9.17, 15) is 0 Å². The summed E-state index contributed by atoms with van der Waals surface area (Å²) in [5, 5.41) is 22.1. The van der Waals surface area contributed by atoms with Crippen molar-refractivity contribution in [1.29, 1.82) is 0 Å². The third kappa shape index (κ3) is 179. The molecule has 0 saturated heterocycles.